The molecular weight excluding hydrogens is 305 g/mol. The molecule has 2 rings (SSSR count). The molecule has 21 heavy (non-hydrogen) atoms. The van der Waals surface area contributed by atoms with Crippen LogP contribution in [0.3, 0.4) is 0 Å². The summed E-state index contributed by atoms with van der Waals surface area (Å²) in [7, 11) is 1.70. The number of benzene rings is 2. The van der Waals surface area contributed by atoms with E-state index >= 15 is 0 Å². The number of para-hydroxylation sites is 1. The molecule has 1 atom stereocenters. The normalized spacial score (nSPS) is 12.2. The zero-order valence-corrected chi connectivity index (χ0v) is 13.7. The zero-order valence-electron chi connectivity index (χ0n) is 12.2. The fourth-order valence-corrected chi connectivity index (χ4v) is 2.59. The first kappa shape index (κ1) is 16.2. The van der Waals surface area contributed by atoms with Gasteiger partial charge in [0.05, 0.1) is 22.7 Å². The van der Waals surface area contributed by atoms with E-state index in [0.717, 1.165) is 23.2 Å². The molecule has 0 amide bonds. The minimum absolute atomic E-state index is 0.178. The molecule has 0 spiro atoms. The molecule has 0 aliphatic rings. The van der Waals surface area contributed by atoms with E-state index in [2.05, 4.69) is 24.4 Å². The highest BCUT2D eigenvalue weighted by molar-refractivity contribution is 6.42. The highest BCUT2D eigenvalue weighted by atomic mass is 35.5. The van der Waals surface area contributed by atoms with Gasteiger partial charge in [-0.15, -0.1) is 0 Å². The fraction of sp³-hybridized carbons (Fsp3) is 0.294. The van der Waals surface area contributed by atoms with Crippen molar-refractivity contribution in [1.29, 1.82) is 0 Å². The van der Waals surface area contributed by atoms with Crippen LogP contribution in [0.5, 0.6) is 0 Å². The maximum Gasteiger partial charge on any atom is 0.0733 e. The molecule has 1 unspecified atom stereocenters. The van der Waals surface area contributed by atoms with Gasteiger partial charge in [0, 0.05) is 18.4 Å². The van der Waals surface area contributed by atoms with Crippen molar-refractivity contribution < 1.29 is 4.74 Å². The van der Waals surface area contributed by atoms with Crippen molar-refractivity contribution in [3.63, 3.8) is 0 Å². The third kappa shape index (κ3) is 4.13. The zero-order chi connectivity index (χ0) is 15.2. The molecule has 112 valence electrons. The Balaban J connectivity index is 2.24. The number of methoxy groups -OCH3 is 1. The summed E-state index contributed by atoms with van der Waals surface area (Å²) in [6.45, 7) is 2.72. The lowest BCUT2D eigenvalue weighted by Gasteiger charge is -2.21. The Morgan fingerprint density at radius 2 is 1.86 bits per heavy atom. The number of hydrogen-bond acceptors (Lipinski definition) is 2. The van der Waals surface area contributed by atoms with E-state index in [1.165, 1.54) is 0 Å². The summed E-state index contributed by atoms with van der Waals surface area (Å²) >= 11 is 12.1. The molecule has 0 aliphatic heterocycles. The predicted octanol–water partition coefficient (Wildman–Crippen LogP) is 5.70. The van der Waals surface area contributed by atoms with Crippen LogP contribution in [0.1, 0.15) is 30.5 Å². The molecule has 0 heterocycles. The lowest BCUT2D eigenvalue weighted by molar-refractivity contribution is 0.185. The third-order valence-corrected chi connectivity index (χ3v) is 4.14. The predicted molar refractivity (Wildman–Crippen MR) is 90.3 cm³/mol. The van der Waals surface area contributed by atoms with Gasteiger partial charge < -0.3 is 10.1 Å². The van der Waals surface area contributed by atoms with Crippen molar-refractivity contribution in [2.75, 3.05) is 12.4 Å². The molecular formula is C17H19Cl2NO. The number of ether oxygens (including phenoxy) is 1. The quantitative estimate of drug-likeness (QED) is 0.735. The van der Waals surface area contributed by atoms with Crippen LogP contribution < -0.4 is 5.32 Å². The topological polar surface area (TPSA) is 21.3 Å². The Kier molecular flexibility index (Phi) is 5.92. The van der Waals surface area contributed by atoms with E-state index in [0.29, 0.717) is 16.7 Å². The lowest BCUT2D eigenvalue weighted by atomic mass is 10.0. The van der Waals surface area contributed by atoms with Crippen LogP contribution in [0.2, 0.25) is 10.0 Å². The first-order valence-corrected chi connectivity index (χ1v) is 7.69. The van der Waals surface area contributed by atoms with Gasteiger partial charge in [-0.3, -0.25) is 0 Å². The maximum atomic E-state index is 6.12. The Morgan fingerprint density at radius 1 is 1.10 bits per heavy atom. The standard InChI is InChI=1S/C17H19Cl2NO/c1-3-16(12-8-9-14(18)15(19)10-12)20-17-7-5-4-6-13(17)11-21-2/h4-10,16,20H,3,11H2,1-2H3. The smallest absolute Gasteiger partial charge is 0.0733 e. The Labute approximate surface area is 136 Å². The second kappa shape index (κ2) is 7.69. The average Bonchev–Trinajstić information content (AvgIpc) is 2.49. The minimum Gasteiger partial charge on any atom is -0.380 e. The number of rotatable bonds is 6. The lowest BCUT2D eigenvalue weighted by Crippen LogP contribution is -2.11. The van der Waals surface area contributed by atoms with E-state index in [1.54, 1.807) is 7.11 Å². The Hall–Kier alpha value is -1.22. The Morgan fingerprint density at radius 3 is 2.52 bits per heavy atom. The molecule has 2 aromatic rings. The number of halogens is 2. The average molecular weight is 324 g/mol. The number of hydrogen-bond donors (Lipinski definition) is 1. The van der Waals surface area contributed by atoms with Crippen molar-refractivity contribution in [2.45, 2.75) is 26.0 Å². The summed E-state index contributed by atoms with van der Waals surface area (Å²) in [5, 5.41) is 4.73. The number of nitrogens with one attached hydrogen (secondary N) is 1. The third-order valence-electron chi connectivity index (χ3n) is 3.40. The van der Waals surface area contributed by atoms with Crippen LogP contribution in [0.4, 0.5) is 5.69 Å². The van der Waals surface area contributed by atoms with Gasteiger partial charge in [0.25, 0.3) is 0 Å². The molecule has 0 fully saturated rings. The van der Waals surface area contributed by atoms with Crippen molar-refractivity contribution in [3.8, 4) is 0 Å². The molecule has 2 nitrogen and oxygen atoms in total. The van der Waals surface area contributed by atoms with Crippen LogP contribution in [-0.2, 0) is 11.3 Å². The summed E-state index contributed by atoms with van der Waals surface area (Å²) in [6.07, 6.45) is 0.944. The fourth-order valence-electron chi connectivity index (χ4n) is 2.28. The van der Waals surface area contributed by atoms with Gasteiger partial charge in [0.15, 0.2) is 0 Å². The van der Waals surface area contributed by atoms with Crippen molar-refractivity contribution in [2.24, 2.45) is 0 Å². The van der Waals surface area contributed by atoms with E-state index in [4.69, 9.17) is 27.9 Å². The molecule has 0 radical (unpaired) electrons. The van der Waals surface area contributed by atoms with Gasteiger partial charge in [-0.05, 0) is 30.2 Å². The van der Waals surface area contributed by atoms with Gasteiger partial charge >= 0.3 is 0 Å². The first-order chi connectivity index (χ1) is 10.2. The van der Waals surface area contributed by atoms with Crippen LogP contribution >= 0.6 is 23.2 Å². The molecule has 2 aromatic carbocycles. The SMILES string of the molecule is CCC(Nc1ccccc1COC)c1ccc(Cl)c(Cl)c1. The van der Waals surface area contributed by atoms with Crippen molar-refractivity contribution in [3.05, 3.63) is 63.6 Å². The van der Waals surface area contributed by atoms with Gasteiger partial charge in [0.1, 0.15) is 0 Å². The van der Waals surface area contributed by atoms with Crippen LogP contribution in [0.15, 0.2) is 42.5 Å². The molecule has 0 bridgehead atoms. The van der Waals surface area contributed by atoms with Crippen molar-refractivity contribution in [1.82, 2.24) is 0 Å². The largest absolute Gasteiger partial charge is 0.380 e. The minimum atomic E-state index is 0.178. The molecule has 0 aromatic heterocycles. The first-order valence-electron chi connectivity index (χ1n) is 6.94. The van der Waals surface area contributed by atoms with E-state index in [-0.39, 0.29) is 6.04 Å². The number of anilines is 1. The molecule has 0 saturated carbocycles. The van der Waals surface area contributed by atoms with Crippen LogP contribution in [0.25, 0.3) is 0 Å². The van der Waals surface area contributed by atoms with Crippen molar-refractivity contribution >= 4 is 28.9 Å². The molecule has 4 heteroatoms. The summed E-state index contributed by atoms with van der Waals surface area (Å²) in [4.78, 5) is 0. The molecule has 1 N–H and O–H groups in total. The van der Waals surface area contributed by atoms with E-state index in [1.807, 2.05) is 30.3 Å². The van der Waals surface area contributed by atoms with Gasteiger partial charge in [-0.25, -0.2) is 0 Å². The van der Waals surface area contributed by atoms with Crippen LogP contribution in [-0.4, -0.2) is 7.11 Å². The van der Waals surface area contributed by atoms with E-state index < -0.39 is 0 Å². The van der Waals surface area contributed by atoms with Gasteiger partial charge in [-0.2, -0.15) is 0 Å². The molecule has 0 aliphatic carbocycles. The van der Waals surface area contributed by atoms with Crippen LogP contribution in [0, 0.1) is 0 Å². The summed E-state index contributed by atoms with van der Waals surface area (Å²) in [6, 6.07) is 14.1. The highest BCUT2D eigenvalue weighted by Gasteiger charge is 2.12. The Bertz CT molecular complexity index is 601. The van der Waals surface area contributed by atoms with E-state index in [9.17, 15) is 0 Å². The monoisotopic (exact) mass is 323 g/mol. The van der Waals surface area contributed by atoms with Gasteiger partial charge in [-0.1, -0.05) is 54.4 Å². The van der Waals surface area contributed by atoms with Gasteiger partial charge in [0.2, 0.25) is 0 Å². The summed E-state index contributed by atoms with van der Waals surface area (Å²) in [5.74, 6) is 0. The second-order valence-corrected chi connectivity index (χ2v) is 5.68. The maximum absolute atomic E-state index is 6.12. The summed E-state index contributed by atoms with van der Waals surface area (Å²) in [5.41, 5.74) is 3.34. The summed E-state index contributed by atoms with van der Waals surface area (Å²) < 4.78 is 5.25. The molecule has 0 saturated heterocycles. The highest BCUT2D eigenvalue weighted by Crippen LogP contribution is 2.30. The second-order valence-electron chi connectivity index (χ2n) is 4.87.